The standard InChI is InChI=1S/C11H17N3O3/c1-2-3-4-7(10(12)16)14-11(17)8-5-6-9(15)13-8/h2,7-8H,1,3-6H2,(H2,12,16)(H,13,15)(H,14,17)/t7-,8+/m0/s1. The highest BCUT2D eigenvalue weighted by Gasteiger charge is 2.29. The van der Waals surface area contributed by atoms with Gasteiger partial charge in [0.05, 0.1) is 0 Å². The zero-order valence-electron chi connectivity index (χ0n) is 9.57. The molecule has 1 aliphatic heterocycles. The van der Waals surface area contributed by atoms with Crippen LogP contribution in [0.15, 0.2) is 12.7 Å². The third kappa shape index (κ3) is 3.90. The minimum Gasteiger partial charge on any atom is -0.368 e. The molecule has 94 valence electrons. The van der Waals surface area contributed by atoms with Crippen LogP contribution < -0.4 is 16.4 Å². The van der Waals surface area contributed by atoms with Crippen molar-refractivity contribution in [3.05, 3.63) is 12.7 Å². The molecule has 1 saturated heterocycles. The highest BCUT2D eigenvalue weighted by molar-refractivity contribution is 5.93. The molecule has 0 aromatic carbocycles. The smallest absolute Gasteiger partial charge is 0.243 e. The zero-order valence-corrected chi connectivity index (χ0v) is 9.57. The van der Waals surface area contributed by atoms with Gasteiger partial charge in [0.1, 0.15) is 12.1 Å². The van der Waals surface area contributed by atoms with Crippen LogP contribution in [0.5, 0.6) is 0 Å². The first-order chi connectivity index (χ1) is 8.04. The van der Waals surface area contributed by atoms with Crippen molar-refractivity contribution in [3.8, 4) is 0 Å². The number of rotatable bonds is 6. The number of amides is 3. The first-order valence-electron chi connectivity index (χ1n) is 5.54. The van der Waals surface area contributed by atoms with Crippen molar-refractivity contribution in [2.24, 2.45) is 5.73 Å². The van der Waals surface area contributed by atoms with E-state index < -0.39 is 18.0 Å². The fourth-order valence-electron chi connectivity index (χ4n) is 1.65. The van der Waals surface area contributed by atoms with Gasteiger partial charge in [0.2, 0.25) is 17.7 Å². The number of allylic oxidation sites excluding steroid dienone is 1. The lowest BCUT2D eigenvalue weighted by Crippen LogP contribution is -2.50. The van der Waals surface area contributed by atoms with Crippen LogP contribution in [0.25, 0.3) is 0 Å². The van der Waals surface area contributed by atoms with Gasteiger partial charge >= 0.3 is 0 Å². The van der Waals surface area contributed by atoms with E-state index in [2.05, 4.69) is 17.2 Å². The van der Waals surface area contributed by atoms with Crippen LogP contribution in [-0.2, 0) is 14.4 Å². The van der Waals surface area contributed by atoms with E-state index in [1.165, 1.54) is 0 Å². The molecule has 0 saturated carbocycles. The Kier molecular flexibility index (Phi) is 4.68. The van der Waals surface area contributed by atoms with Gasteiger partial charge in [-0.15, -0.1) is 6.58 Å². The Balaban J connectivity index is 2.48. The molecule has 0 bridgehead atoms. The van der Waals surface area contributed by atoms with Crippen LogP contribution in [-0.4, -0.2) is 29.8 Å². The maximum Gasteiger partial charge on any atom is 0.243 e. The molecule has 3 amide bonds. The lowest BCUT2D eigenvalue weighted by Gasteiger charge is -2.17. The molecule has 1 heterocycles. The van der Waals surface area contributed by atoms with Crippen LogP contribution in [0, 0.1) is 0 Å². The number of primary amides is 1. The molecule has 6 heteroatoms. The normalized spacial score (nSPS) is 20.5. The molecule has 0 aromatic rings. The zero-order chi connectivity index (χ0) is 12.8. The third-order valence-corrected chi connectivity index (χ3v) is 2.63. The van der Waals surface area contributed by atoms with Crippen molar-refractivity contribution in [1.82, 2.24) is 10.6 Å². The Labute approximate surface area is 99.6 Å². The molecule has 4 N–H and O–H groups in total. The average Bonchev–Trinajstić information content (AvgIpc) is 2.70. The van der Waals surface area contributed by atoms with Crippen molar-refractivity contribution in [2.75, 3.05) is 0 Å². The van der Waals surface area contributed by atoms with Gasteiger partial charge in [-0.05, 0) is 19.3 Å². The SMILES string of the molecule is C=CCC[C@H](NC(=O)[C@H]1CCC(=O)N1)C(N)=O. The van der Waals surface area contributed by atoms with Crippen molar-refractivity contribution in [1.29, 1.82) is 0 Å². The summed E-state index contributed by atoms with van der Waals surface area (Å²) in [7, 11) is 0. The number of carbonyl (C=O) groups excluding carboxylic acids is 3. The molecule has 1 fully saturated rings. The van der Waals surface area contributed by atoms with Crippen LogP contribution in [0.4, 0.5) is 0 Å². The third-order valence-electron chi connectivity index (χ3n) is 2.63. The fraction of sp³-hybridized carbons (Fsp3) is 0.545. The molecule has 0 radical (unpaired) electrons. The predicted molar refractivity (Wildman–Crippen MR) is 61.7 cm³/mol. The minimum atomic E-state index is -0.710. The average molecular weight is 239 g/mol. The van der Waals surface area contributed by atoms with Crippen molar-refractivity contribution < 1.29 is 14.4 Å². The Morgan fingerprint density at radius 3 is 2.82 bits per heavy atom. The molecule has 6 nitrogen and oxygen atoms in total. The first kappa shape index (κ1) is 13.2. The number of nitrogens with one attached hydrogen (secondary N) is 2. The molecule has 0 unspecified atom stereocenters. The Morgan fingerprint density at radius 1 is 1.65 bits per heavy atom. The molecular formula is C11H17N3O3. The van der Waals surface area contributed by atoms with Gasteiger partial charge in [-0.2, -0.15) is 0 Å². The van der Waals surface area contributed by atoms with Gasteiger partial charge in [-0.3, -0.25) is 14.4 Å². The number of hydrogen-bond donors (Lipinski definition) is 3. The molecular weight excluding hydrogens is 222 g/mol. The van der Waals surface area contributed by atoms with Crippen molar-refractivity contribution in [3.63, 3.8) is 0 Å². The summed E-state index contributed by atoms with van der Waals surface area (Å²) in [6.45, 7) is 3.54. The van der Waals surface area contributed by atoms with E-state index in [9.17, 15) is 14.4 Å². The van der Waals surface area contributed by atoms with E-state index in [1.54, 1.807) is 6.08 Å². The maximum atomic E-state index is 11.7. The maximum absolute atomic E-state index is 11.7. The lowest BCUT2D eigenvalue weighted by molar-refractivity contribution is -0.129. The molecule has 1 aliphatic rings. The van der Waals surface area contributed by atoms with E-state index in [4.69, 9.17) is 5.73 Å². The highest BCUT2D eigenvalue weighted by Crippen LogP contribution is 2.07. The number of nitrogens with two attached hydrogens (primary N) is 1. The van der Waals surface area contributed by atoms with Crippen LogP contribution >= 0.6 is 0 Å². The largest absolute Gasteiger partial charge is 0.368 e. The molecule has 1 rings (SSSR count). The Hall–Kier alpha value is -1.85. The topological polar surface area (TPSA) is 101 Å². The summed E-state index contributed by atoms with van der Waals surface area (Å²) in [4.78, 5) is 33.8. The van der Waals surface area contributed by atoms with Gasteiger partial charge in [0.25, 0.3) is 0 Å². The number of hydrogen-bond acceptors (Lipinski definition) is 3. The van der Waals surface area contributed by atoms with E-state index in [0.717, 1.165) is 0 Å². The van der Waals surface area contributed by atoms with Gasteiger partial charge in [-0.25, -0.2) is 0 Å². The molecule has 2 atom stereocenters. The Bertz CT molecular complexity index is 341. The Morgan fingerprint density at radius 2 is 2.35 bits per heavy atom. The second-order valence-electron chi connectivity index (χ2n) is 3.99. The summed E-state index contributed by atoms with van der Waals surface area (Å²) < 4.78 is 0. The van der Waals surface area contributed by atoms with Gasteiger partial charge in [0, 0.05) is 6.42 Å². The molecule has 17 heavy (non-hydrogen) atoms. The number of carbonyl (C=O) groups is 3. The van der Waals surface area contributed by atoms with E-state index in [1.807, 2.05) is 0 Å². The quantitative estimate of drug-likeness (QED) is 0.529. The fourth-order valence-corrected chi connectivity index (χ4v) is 1.65. The lowest BCUT2D eigenvalue weighted by atomic mass is 10.1. The van der Waals surface area contributed by atoms with Gasteiger partial charge in [0.15, 0.2) is 0 Å². The van der Waals surface area contributed by atoms with E-state index >= 15 is 0 Å². The second-order valence-corrected chi connectivity index (χ2v) is 3.99. The predicted octanol–water partition coefficient (Wildman–Crippen LogP) is -0.799. The van der Waals surface area contributed by atoms with Crippen LogP contribution in [0.3, 0.4) is 0 Å². The monoisotopic (exact) mass is 239 g/mol. The minimum absolute atomic E-state index is 0.146. The molecule has 0 aromatic heterocycles. The summed E-state index contributed by atoms with van der Waals surface area (Å²) in [5, 5.41) is 5.07. The summed E-state index contributed by atoms with van der Waals surface area (Å²) in [6.07, 6.45) is 3.46. The summed E-state index contributed by atoms with van der Waals surface area (Å²) in [6, 6.07) is -1.26. The first-order valence-corrected chi connectivity index (χ1v) is 5.54. The summed E-state index contributed by atoms with van der Waals surface area (Å²) in [5.74, 6) is -1.08. The summed E-state index contributed by atoms with van der Waals surface area (Å²) in [5.41, 5.74) is 5.18. The van der Waals surface area contributed by atoms with Crippen molar-refractivity contribution in [2.45, 2.75) is 37.8 Å². The molecule has 0 spiro atoms. The van der Waals surface area contributed by atoms with Crippen LogP contribution in [0.2, 0.25) is 0 Å². The second kappa shape index (κ2) is 6.03. The van der Waals surface area contributed by atoms with Gasteiger partial charge in [-0.1, -0.05) is 6.08 Å². The van der Waals surface area contributed by atoms with Crippen LogP contribution in [0.1, 0.15) is 25.7 Å². The summed E-state index contributed by atoms with van der Waals surface area (Å²) >= 11 is 0. The van der Waals surface area contributed by atoms with E-state index in [0.29, 0.717) is 25.7 Å². The molecule has 0 aliphatic carbocycles. The van der Waals surface area contributed by atoms with Crippen molar-refractivity contribution >= 4 is 17.7 Å². The van der Waals surface area contributed by atoms with E-state index in [-0.39, 0.29) is 11.8 Å². The highest BCUT2D eigenvalue weighted by atomic mass is 16.2. The van der Waals surface area contributed by atoms with Gasteiger partial charge < -0.3 is 16.4 Å².